The second kappa shape index (κ2) is 9.60. The molecule has 200 valence electrons. The molecule has 10 heteroatoms. The van der Waals surface area contributed by atoms with Crippen molar-refractivity contribution in [2.75, 3.05) is 4.90 Å². The molecule has 0 spiro atoms. The van der Waals surface area contributed by atoms with E-state index < -0.39 is 28.7 Å². The number of imide groups is 1. The highest BCUT2D eigenvalue weighted by molar-refractivity contribution is 8.18. The number of anilines is 1. The molecule has 3 amide bonds. The maximum atomic E-state index is 13.5. The Kier molecular flexibility index (Phi) is 6.54. The van der Waals surface area contributed by atoms with E-state index in [9.17, 15) is 27.6 Å². The van der Waals surface area contributed by atoms with E-state index in [2.05, 4.69) is 10.1 Å². The third-order valence-electron chi connectivity index (χ3n) is 6.73. The minimum Gasteiger partial charge on any atom is -0.405 e. The number of hydrogen-bond donors (Lipinski definition) is 1. The number of nitrogens with zero attached hydrogens (tertiary/aromatic N) is 1. The van der Waals surface area contributed by atoms with Crippen LogP contribution in [0.3, 0.4) is 0 Å². The van der Waals surface area contributed by atoms with Crippen LogP contribution in [-0.2, 0) is 21.5 Å². The van der Waals surface area contributed by atoms with Gasteiger partial charge < -0.3 is 9.64 Å². The molecule has 1 N–H and O–H groups in total. The minimum absolute atomic E-state index is 0.114. The molecule has 3 aromatic rings. The molecule has 1 saturated heterocycles. The molecule has 3 aromatic carbocycles. The lowest BCUT2D eigenvalue weighted by Gasteiger charge is -2.21. The van der Waals surface area contributed by atoms with E-state index in [1.165, 1.54) is 24.3 Å². The molecule has 1 fully saturated rings. The van der Waals surface area contributed by atoms with Crippen LogP contribution in [0.25, 0.3) is 17.2 Å². The number of hydrogen-bond acceptors (Lipinski definition) is 5. The van der Waals surface area contributed by atoms with E-state index in [4.69, 9.17) is 0 Å². The first kappa shape index (κ1) is 26.6. The van der Waals surface area contributed by atoms with Crippen LogP contribution in [0.2, 0.25) is 0 Å². The summed E-state index contributed by atoms with van der Waals surface area (Å²) in [6.07, 6.45) is -3.51. The molecule has 2 aliphatic heterocycles. The first-order valence-electron chi connectivity index (χ1n) is 12.0. The Balaban J connectivity index is 1.65. The fourth-order valence-electron chi connectivity index (χ4n) is 4.83. The number of aryl methyl sites for hydroxylation is 1. The van der Waals surface area contributed by atoms with Crippen molar-refractivity contribution >= 4 is 40.6 Å². The SMILES string of the molecule is Cc1cc2c(cc1-c1cc(/C=C3/SC(=O)NC3=O)ccc1OC(F)(F)F)N(Cc1ccccc1)C(=O)C2(C)C. The Hall–Kier alpha value is -4.05. The molecule has 39 heavy (non-hydrogen) atoms. The lowest BCUT2D eigenvalue weighted by Crippen LogP contribution is -2.35. The van der Waals surface area contributed by atoms with Crippen molar-refractivity contribution in [2.45, 2.75) is 39.1 Å². The normalized spacial score (nSPS) is 17.5. The summed E-state index contributed by atoms with van der Waals surface area (Å²) in [6, 6.07) is 17.0. The number of thioether (sulfide) groups is 1. The van der Waals surface area contributed by atoms with Crippen molar-refractivity contribution in [2.24, 2.45) is 0 Å². The lowest BCUT2D eigenvalue weighted by atomic mass is 9.84. The highest BCUT2D eigenvalue weighted by Crippen LogP contribution is 2.47. The van der Waals surface area contributed by atoms with E-state index in [0.717, 1.165) is 11.1 Å². The van der Waals surface area contributed by atoms with Gasteiger partial charge in [0.15, 0.2) is 0 Å². The van der Waals surface area contributed by atoms with Gasteiger partial charge in [0.25, 0.3) is 11.1 Å². The van der Waals surface area contributed by atoms with Gasteiger partial charge >= 0.3 is 6.36 Å². The van der Waals surface area contributed by atoms with Gasteiger partial charge in [0.1, 0.15) is 5.75 Å². The summed E-state index contributed by atoms with van der Waals surface area (Å²) >= 11 is 0.711. The van der Waals surface area contributed by atoms with Gasteiger partial charge in [-0.05, 0) is 84.6 Å². The molecule has 0 radical (unpaired) electrons. The Labute approximate surface area is 226 Å². The van der Waals surface area contributed by atoms with Crippen LogP contribution in [0.1, 0.15) is 36.1 Å². The standard InChI is InChI=1S/C29H23F3N2O4S/c1-16-11-21-22(34(26(36)28(21,2)3)15-17-7-5-4-6-8-17)14-19(16)20-12-18(9-10-23(20)38-29(30,31)32)13-24-25(35)33-27(37)39-24/h4-14H,15H2,1-3H3,(H,33,35,37)/b24-13+. The van der Waals surface area contributed by atoms with E-state index in [1.54, 1.807) is 17.9 Å². The Bertz CT molecular complexity index is 1550. The zero-order valence-electron chi connectivity index (χ0n) is 21.2. The minimum atomic E-state index is -4.94. The molecule has 0 unspecified atom stereocenters. The van der Waals surface area contributed by atoms with E-state index in [-0.39, 0.29) is 16.4 Å². The number of nitrogens with one attached hydrogen (secondary N) is 1. The van der Waals surface area contributed by atoms with E-state index in [1.807, 2.05) is 50.2 Å². The Morgan fingerprint density at radius 1 is 1.00 bits per heavy atom. The summed E-state index contributed by atoms with van der Waals surface area (Å²) in [5.41, 5.74) is 3.09. The Morgan fingerprint density at radius 3 is 2.36 bits per heavy atom. The summed E-state index contributed by atoms with van der Waals surface area (Å²) in [6.45, 7) is 5.72. The number of rotatable bonds is 5. The summed E-state index contributed by atoms with van der Waals surface area (Å²) in [4.78, 5) is 38.8. The van der Waals surface area contributed by atoms with Gasteiger partial charge in [-0.25, -0.2) is 0 Å². The number of amides is 3. The van der Waals surface area contributed by atoms with Crippen LogP contribution in [0.5, 0.6) is 5.75 Å². The van der Waals surface area contributed by atoms with Gasteiger partial charge in [0, 0.05) is 11.3 Å². The van der Waals surface area contributed by atoms with Gasteiger partial charge in [-0.1, -0.05) is 42.5 Å². The predicted molar refractivity (Wildman–Crippen MR) is 143 cm³/mol. The molecule has 0 atom stereocenters. The fraction of sp³-hybridized carbons (Fsp3) is 0.207. The lowest BCUT2D eigenvalue weighted by molar-refractivity contribution is -0.274. The summed E-state index contributed by atoms with van der Waals surface area (Å²) < 4.78 is 44.4. The molecule has 0 aromatic heterocycles. The zero-order valence-corrected chi connectivity index (χ0v) is 22.0. The largest absolute Gasteiger partial charge is 0.573 e. The monoisotopic (exact) mass is 552 g/mol. The highest BCUT2D eigenvalue weighted by Gasteiger charge is 2.44. The van der Waals surface area contributed by atoms with E-state index in [0.29, 0.717) is 40.7 Å². The van der Waals surface area contributed by atoms with Crippen molar-refractivity contribution in [1.82, 2.24) is 5.32 Å². The average Bonchev–Trinajstić information content (AvgIpc) is 3.27. The van der Waals surface area contributed by atoms with Crippen molar-refractivity contribution in [3.63, 3.8) is 0 Å². The van der Waals surface area contributed by atoms with Crippen LogP contribution < -0.4 is 15.0 Å². The number of carbonyl (C=O) groups is 3. The molecular weight excluding hydrogens is 529 g/mol. The van der Waals surface area contributed by atoms with Crippen LogP contribution in [0.4, 0.5) is 23.7 Å². The molecule has 5 rings (SSSR count). The summed E-state index contributed by atoms with van der Waals surface area (Å²) in [5.74, 6) is -1.12. The molecule has 6 nitrogen and oxygen atoms in total. The summed E-state index contributed by atoms with van der Waals surface area (Å²) in [5, 5.41) is 1.63. The van der Waals surface area contributed by atoms with Crippen molar-refractivity contribution in [3.8, 4) is 16.9 Å². The van der Waals surface area contributed by atoms with Gasteiger partial charge in [0.2, 0.25) is 5.91 Å². The third-order valence-corrected chi connectivity index (χ3v) is 7.54. The van der Waals surface area contributed by atoms with Crippen molar-refractivity contribution in [1.29, 1.82) is 0 Å². The third kappa shape index (κ3) is 5.16. The van der Waals surface area contributed by atoms with Gasteiger partial charge in [-0.15, -0.1) is 13.2 Å². The maximum Gasteiger partial charge on any atom is 0.573 e. The molecule has 2 heterocycles. The second-order valence-electron chi connectivity index (χ2n) is 9.84. The average molecular weight is 553 g/mol. The molecule has 0 aliphatic carbocycles. The predicted octanol–water partition coefficient (Wildman–Crippen LogP) is 6.71. The number of halogens is 3. The van der Waals surface area contributed by atoms with Crippen LogP contribution in [0, 0.1) is 6.92 Å². The number of ether oxygens (including phenoxy) is 1. The molecule has 2 aliphatic rings. The van der Waals surface area contributed by atoms with E-state index >= 15 is 0 Å². The number of carbonyl (C=O) groups excluding carboxylic acids is 3. The molecule has 0 bridgehead atoms. The number of benzene rings is 3. The van der Waals surface area contributed by atoms with Crippen LogP contribution >= 0.6 is 11.8 Å². The zero-order chi connectivity index (χ0) is 28.1. The van der Waals surface area contributed by atoms with Crippen LogP contribution in [-0.4, -0.2) is 23.4 Å². The van der Waals surface area contributed by atoms with Gasteiger partial charge in [-0.3, -0.25) is 19.7 Å². The maximum absolute atomic E-state index is 13.5. The quantitative estimate of drug-likeness (QED) is 0.356. The second-order valence-corrected chi connectivity index (χ2v) is 10.9. The first-order valence-corrected chi connectivity index (χ1v) is 12.8. The van der Waals surface area contributed by atoms with Crippen molar-refractivity contribution < 1.29 is 32.3 Å². The topological polar surface area (TPSA) is 75.7 Å². The smallest absolute Gasteiger partial charge is 0.405 e. The molecular formula is C29H23F3N2O4S. The fourth-order valence-corrected chi connectivity index (χ4v) is 5.51. The highest BCUT2D eigenvalue weighted by atomic mass is 32.2. The summed E-state index contributed by atoms with van der Waals surface area (Å²) in [7, 11) is 0. The number of alkyl halides is 3. The number of fused-ring (bicyclic) bond motifs is 1. The first-order chi connectivity index (χ1) is 18.3. The Morgan fingerprint density at radius 2 is 1.72 bits per heavy atom. The van der Waals surface area contributed by atoms with Crippen LogP contribution in [0.15, 0.2) is 65.6 Å². The van der Waals surface area contributed by atoms with Gasteiger partial charge in [-0.2, -0.15) is 0 Å². The van der Waals surface area contributed by atoms with Crippen molar-refractivity contribution in [3.05, 3.63) is 87.8 Å². The van der Waals surface area contributed by atoms with Gasteiger partial charge in [0.05, 0.1) is 16.9 Å². The molecule has 0 saturated carbocycles.